The Labute approximate surface area is 121 Å². The van der Waals surface area contributed by atoms with Gasteiger partial charge in [-0.2, -0.15) is 0 Å². The predicted molar refractivity (Wildman–Crippen MR) is 75.9 cm³/mol. The quantitative estimate of drug-likeness (QED) is 0.915. The topological polar surface area (TPSA) is 24.5 Å². The predicted octanol–water partition coefficient (Wildman–Crippen LogP) is 1.76. The molecule has 3 nitrogen and oxygen atoms in total. The fraction of sp³-hybridized carbons (Fsp3) is 0.571. The summed E-state index contributed by atoms with van der Waals surface area (Å²) in [6.45, 7) is 6.18. The number of rotatable bonds is 3. The molecule has 0 radical (unpaired) electrons. The van der Waals surface area contributed by atoms with Crippen molar-refractivity contribution in [3.8, 4) is 0 Å². The van der Waals surface area contributed by atoms with E-state index < -0.39 is 0 Å². The maximum atomic E-state index is 14.1. The van der Waals surface area contributed by atoms with E-state index in [4.69, 9.17) is 4.74 Å². The van der Waals surface area contributed by atoms with Gasteiger partial charge in [-0.15, -0.1) is 0 Å². The molecule has 2 saturated heterocycles. The number of nitrogens with zero attached hydrogens (tertiary/aromatic N) is 1. The molecule has 0 saturated carbocycles. The van der Waals surface area contributed by atoms with Gasteiger partial charge in [-0.25, -0.2) is 4.39 Å². The monoisotopic (exact) mass is 328 g/mol. The van der Waals surface area contributed by atoms with Gasteiger partial charge in [-0.1, -0.05) is 15.9 Å². The van der Waals surface area contributed by atoms with Crippen LogP contribution in [0, 0.1) is 5.82 Å². The number of benzene rings is 1. The number of piperazine rings is 1. The normalized spacial score (nSPS) is 23.1. The van der Waals surface area contributed by atoms with Crippen LogP contribution in [0.1, 0.15) is 5.56 Å². The third kappa shape index (κ3) is 2.70. The first-order chi connectivity index (χ1) is 9.20. The van der Waals surface area contributed by atoms with Crippen LogP contribution in [0.25, 0.3) is 0 Å². The summed E-state index contributed by atoms with van der Waals surface area (Å²) >= 11 is 3.44. The summed E-state index contributed by atoms with van der Waals surface area (Å²) in [7, 11) is 0. The molecule has 0 atom stereocenters. The molecular weight excluding hydrogens is 311 g/mol. The van der Waals surface area contributed by atoms with E-state index in [1.54, 1.807) is 6.07 Å². The second-order valence-electron chi connectivity index (χ2n) is 5.42. The molecule has 2 heterocycles. The Morgan fingerprint density at radius 3 is 2.68 bits per heavy atom. The largest absolute Gasteiger partial charge is 0.379 e. The van der Waals surface area contributed by atoms with Crippen molar-refractivity contribution >= 4 is 15.9 Å². The second kappa shape index (κ2) is 5.48. The van der Waals surface area contributed by atoms with Gasteiger partial charge in [-0.05, 0) is 18.2 Å². The van der Waals surface area contributed by atoms with Gasteiger partial charge in [0, 0.05) is 42.8 Å². The Bertz CT molecular complexity index is 459. The molecule has 0 aromatic heterocycles. The zero-order chi connectivity index (χ0) is 13.3. The van der Waals surface area contributed by atoms with Crippen molar-refractivity contribution in [2.24, 2.45) is 0 Å². The van der Waals surface area contributed by atoms with Crippen LogP contribution >= 0.6 is 15.9 Å². The Kier molecular flexibility index (Phi) is 3.89. The Hall–Kier alpha value is -0.490. The lowest BCUT2D eigenvalue weighted by Gasteiger charge is -2.46. The van der Waals surface area contributed by atoms with Crippen molar-refractivity contribution in [2.75, 3.05) is 45.9 Å². The molecular formula is C14H18BrFN2O. The maximum Gasteiger partial charge on any atom is 0.127 e. The standard InChI is InChI=1S/C14H18BrFN2O/c15-11-1-2-13(16)12(7-11)14(9-19-10-14)8-18-5-3-17-4-6-18/h1-2,7,17H,3-6,8-10H2. The minimum atomic E-state index is -0.175. The first kappa shape index (κ1) is 13.5. The molecule has 1 N–H and O–H groups in total. The number of hydrogen-bond donors (Lipinski definition) is 1. The van der Waals surface area contributed by atoms with Gasteiger partial charge in [0.05, 0.1) is 18.6 Å². The number of halogens is 2. The molecule has 2 aliphatic heterocycles. The molecule has 5 heteroatoms. The molecule has 0 spiro atoms. The number of ether oxygens (including phenoxy) is 1. The first-order valence-corrected chi connectivity index (χ1v) is 7.45. The van der Waals surface area contributed by atoms with E-state index >= 15 is 0 Å². The Balaban J connectivity index is 1.83. The van der Waals surface area contributed by atoms with Crippen molar-refractivity contribution in [3.63, 3.8) is 0 Å². The average Bonchev–Trinajstić information content (AvgIpc) is 2.38. The van der Waals surface area contributed by atoms with Crippen LogP contribution < -0.4 is 5.32 Å². The van der Waals surface area contributed by atoms with Crippen LogP contribution in [0.3, 0.4) is 0 Å². The van der Waals surface area contributed by atoms with Gasteiger partial charge in [0.15, 0.2) is 0 Å². The lowest BCUT2D eigenvalue weighted by molar-refractivity contribution is -0.0771. The van der Waals surface area contributed by atoms with Gasteiger partial charge < -0.3 is 10.1 Å². The Morgan fingerprint density at radius 1 is 1.32 bits per heavy atom. The van der Waals surface area contributed by atoms with Crippen molar-refractivity contribution in [3.05, 3.63) is 34.1 Å². The van der Waals surface area contributed by atoms with Crippen molar-refractivity contribution in [1.82, 2.24) is 10.2 Å². The summed E-state index contributed by atoms with van der Waals surface area (Å²) in [5, 5.41) is 3.34. The first-order valence-electron chi connectivity index (χ1n) is 6.66. The Morgan fingerprint density at radius 2 is 2.05 bits per heavy atom. The van der Waals surface area contributed by atoms with Crippen LogP contribution in [-0.4, -0.2) is 50.8 Å². The second-order valence-corrected chi connectivity index (χ2v) is 6.34. The van der Waals surface area contributed by atoms with E-state index in [-0.39, 0.29) is 11.2 Å². The summed E-state index contributed by atoms with van der Waals surface area (Å²) in [6, 6.07) is 5.19. The van der Waals surface area contributed by atoms with E-state index in [9.17, 15) is 4.39 Å². The highest BCUT2D eigenvalue weighted by Gasteiger charge is 2.43. The van der Waals surface area contributed by atoms with Crippen molar-refractivity contribution < 1.29 is 9.13 Å². The minimum absolute atomic E-state index is 0.123. The van der Waals surface area contributed by atoms with E-state index in [2.05, 4.69) is 26.1 Å². The molecule has 1 aromatic rings. The van der Waals surface area contributed by atoms with Crippen LogP contribution in [0.5, 0.6) is 0 Å². The molecule has 3 rings (SSSR count). The molecule has 0 bridgehead atoms. The number of hydrogen-bond acceptors (Lipinski definition) is 3. The summed E-state index contributed by atoms with van der Waals surface area (Å²) in [5.41, 5.74) is 0.609. The fourth-order valence-corrected chi connectivity index (χ4v) is 3.24. The smallest absolute Gasteiger partial charge is 0.127 e. The highest BCUT2D eigenvalue weighted by Crippen LogP contribution is 2.36. The zero-order valence-electron chi connectivity index (χ0n) is 10.8. The third-order valence-corrected chi connectivity index (χ3v) is 4.49. The van der Waals surface area contributed by atoms with Gasteiger partial charge in [-0.3, -0.25) is 4.90 Å². The molecule has 0 aliphatic carbocycles. The average molecular weight is 329 g/mol. The highest BCUT2D eigenvalue weighted by atomic mass is 79.9. The van der Waals surface area contributed by atoms with Crippen LogP contribution in [-0.2, 0) is 10.2 Å². The van der Waals surface area contributed by atoms with E-state index in [1.807, 2.05) is 6.07 Å². The summed E-state index contributed by atoms with van der Waals surface area (Å²) in [4.78, 5) is 2.40. The summed E-state index contributed by atoms with van der Waals surface area (Å²) in [6.07, 6.45) is 0. The molecule has 2 aliphatic rings. The highest BCUT2D eigenvalue weighted by molar-refractivity contribution is 9.10. The van der Waals surface area contributed by atoms with Crippen molar-refractivity contribution in [2.45, 2.75) is 5.41 Å². The van der Waals surface area contributed by atoms with Gasteiger partial charge in [0.2, 0.25) is 0 Å². The lowest BCUT2D eigenvalue weighted by atomic mass is 9.77. The molecule has 0 unspecified atom stereocenters. The molecule has 1 aromatic carbocycles. The van der Waals surface area contributed by atoms with Crippen LogP contribution in [0.15, 0.2) is 22.7 Å². The maximum absolute atomic E-state index is 14.1. The van der Waals surface area contributed by atoms with Gasteiger partial charge in [0.25, 0.3) is 0 Å². The van der Waals surface area contributed by atoms with Gasteiger partial charge >= 0.3 is 0 Å². The van der Waals surface area contributed by atoms with Crippen molar-refractivity contribution in [1.29, 1.82) is 0 Å². The lowest BCUT2D eigenvalue weighted by Crippen LogP contribution is -2.57. The molecule has 19 heavy (non-hydrogen) atoms. The van der Waals surface area contributed by atoms with Crippen LogP contribution in [0.4, 0.5) is 4.39 Å². The number of nitrogens with one attached hydrogen (secondary N) is 1. The minimum Gasteiger partial charge on any atom is -0.379 e. The molecule has 0 amide bonds. The van der Waals surface area contributed by atoms with Crippen LogP contribution in [0.2, 0.25) is 0 Å². The molecule has 104 valence electrons. The third-order valence-electron chi connectivity index (χ3n) is 3.99. The van der Waals surface area contributed by atoms with E-state index in [0.29, 0.717) is 13.2 Å². The summed E-state index contributed by atoms with van der Waals surface area (Å²) in [5.74, 6) is -0.123. The van der Waals surface area contributed by atoms with E-state index in [0.717, 1.165) is 42.8 Å². The molecule has 2 fully saturated rings. The van der Waals surface area contributed by atoms with Gasteiger partial charge in [0.1, 0.15) is 5.82 Å². The SMILES string of the molecule is Fc1ccc(Br)cc1C1(CN2CCNCC2)COC1. The zero-order valence-corrected chi connectivity index (χ0v) is 12.4. The fourth-order valence-electron chi connectivity index (χ4n) is 2.88. The van der Waals surface area contributed by atoms with E-state index in [1.165, 1.54) is 6.07 Å². The summed E-state index contributed by atoms with van der Waals surface area (Å²) < 4.78 is 20.5.